The minimum absolute atomic E-state index is 0.193. The lowest BCUT2D eigenvalue weighted by molar-refractivity contribution is -0.159. The highest BCUT2D eigenvalue weighted by Crippen LogP contribution is 2.40. The number of esters is 1. The molecular weight excluding hydrogens is 144 g/mol. The van der Waals surface area contributed by atoms with Gasteiger partial charge in [0.15, 0.2) is 5.60 Å². The predicted molar refractivity (Wildman–Crippen MR) is 40.2 cm³/mol. The highest BCUT2D eigenvalue weighted by atomic mass is 16.6. The van der Waals surface area contributed by atoms with Crippen molar-refractivity contribution >= 4 is 5.97 Å². The molecule has 0 radical (unpaired) electrons. The van der Waals surface area contributed by atoms with Gasteiger partial charge in [0.2, 0.25) is 0 Å². The quantitative estimate of drug-likeness (QED) is 0.575. The highest BCUT2D eigenvalue weighted by molar-refractivity contribution is 5.82. The summed E-state index contributed by atoms with van der Waals surface area (Å²) in [6, 6.07) is 0. The monoisotopic (exact) mass is 158 g/mol. The molecule has 0 atom stereocenters. The van der Waals surface area contributed by atoms with E-state index in [1.807, 2.05) is 6.92 Å². The van der Waals surface area contributed by atoms with Gasteiger partial charge in [-0.15, -0.1) is 0 Å². The first-order chi connectivity index (χ1) is 5.25. The van der Waals surface area contributed by atoms with Gasteiger partial charge in [-0.2, -0.15) is 0 Å². The van der Waals surface area contributed by atoms with Crippen LogP contribution in [0.1, 0.15) is 26.7 Å². The molecule has 64 valence electrons. The molecule has 0 aromatic carbocycles. The molecule has 1 aliphatic carbocycles. The molecule has 0 aliphatic heterocycles. The Balaban J connectivity index is 2.38. The lowest BCUT2D eigenvalue weighted by Gasteiger charge is -2.12. The number of hydrogen-bond acceptors (Lipinski definition) is 3. The summed E-state index contributed by atoms with van der Waals surface area (Å²) in [4.78, 5) is 11.2. The highest BCUT2D eigenvalue weighted by Gasteiger charge is 2.52. The zero-order valence-corrected chi connectivity index (χ0v) is 7.05. The van der Waals surface area contributed by atoms with Crippen LogP contribution < -0.4 is 0 Å². The van der Waals surface area contributed by atoms with E-state index in [0.29, 0.717) is 13.2 Å². The van der Waals surface area contributed by atoms with Crippen molar-refractivity contribution in [2.24, 2.45) is 0 Å². The molecule has 0 N–H and O–H groups in total. The van der Waals surface area contributed by atoms with Gasteiger partial charge in [0.1, 0.15) is 0 Å². The van der Waals surface area contributed by atoms with Gasteiger partial charge in [0.25, 0.3) is 0 Å². The van der Waals surface area contributed by atoms with Gasteiger partial charge >= 0.3 is 5.97 Å². The van der Waals surface area contributed by atoms with Crippen LogP contribution in [0.5, 0.6) is 0 Å². The number of carbonyl (C=O) groups is 1. The Morgan fingerprint density at radius 3 is 2.36 bits per heavy atom. The summed E-state index contributed by atoms with van der Waals surface area (Å²) in [5.41, 5.74) is -0.551. The molecule has 0 spiro atoms. The van der Waals surface area contributed by atoms with Crippen LogP contribution in [-0.2, 0) is 14.3 Å². The standard InChI is InChI=1S/C8H14O3/c1-3-10-7(9)8(5-6-8)11-4-2/h3-6H2,1-2H3. The Morgan fingerprint density at radius 2 is 2.00 bits per heavy atom. The summed E-state index contributed by atoms with van der Waals surface area (Å²) in [7, 11) is 0. The molecule has 1 saturated carbocycles. The van der Waals surface area contributed by atoms with Crippen LogP contribution in [0.3, 0.4) is 0 Å². The fourth-order valence-corrected chi connectivity index (χ4v) is 1.06. The lowest BCUT2D eigenvalue weighted by atomic mass is 10.3. The third-order valence-electron chi connectivity index (χ3n) is 1.77. The van der Waals surface area contributed by atoms with Crippen molar-refractivity contribution in [3.63, 3.8) is 0 Å². The van der Waals surface area contributed by atoms with E-state index in [2.05, 4.69) is 0 Å². The Morgan fingerprint density at radius 1 is 1.36 bits per heavy atom. The average molecular weight is 158 g/mol. The largest absolute Gasteiger partial charge is 0.464 e. The van der Waals surface area contributed by atoms with Crippen molar-refractivity contribution in [2.45, 2.75) is 32.3 Å². The van der Waals surface area contributed by atoms with E-state index in [4.69, 9.17) is 9.47 Å². The average Bonchev–Trinajstić information content (AvgIpc) is 2.71. The first-order valence-electron chi connectivity index (χ1n) is 4.06. The second-order valence-electron chi connectivity index (χ2n) is 2.65. The molecule has 1 fully saturated rings. The second-order valence-corrected chi connectivity index (χ2v) is 2.65. The van der Waals surface area contributed by atoms with Crippen LogP contribution >= 0.6 is 0 Å². The minimum Gasteiger partial charge on any atom is -0.464 e. The van der Waals surface area contributed by atoms with E-state index in [1.54, 1.807) is 6.92 Å². The number of carbonyl (C=O) groups excluding carboxylic acids is 1. The fourth-order valence-electron chi connectivity index (χ4n) is 1.06. The third kappa shape index (κ3) is 1.71. The van der Waals surface area contributed by atoms with Crippen molar-refractivity contribution in [3.8, 4) is 0 Å². The van der Waals surface area contributed by atoms with E-state index in [1.165, 1.54) is 0 Å². The van der Waals surface area contributed by atoms with Crippen LogP contribution in [0.15, 0.2) is 0 Å². The number of ether oxygens (including phenoxy) is 2. The van der Waals surface area contributed by atoms with Crippen LogP contribution in [0, 0.1) is 0 Å². The Bertz CT molecular complexity index is 149. The van der Waals surface area contributed by atoms with Crippen molar-refractivity contribution in [1.29, 1.82) is 0 Å². The Labute approximate surface area is 66.7 Å². The maximum absolute atomic E-state index is 11.2. The van der Waals surface area contributed by atoms with Gasteiger partial charge < -0.3 is 9.47 Å². The Kier molecular flexibility index (Phi) is 2.49. The predicted octanol–water partition coefficient (Wildman–Crippen LogP) is 1.12. The molecule has 1 rings (SSSR count). The van der Waals surface area contributed by atoms with Crippen LogP contribution in [0.4, 0.5) is 0 Å². The molecule has 0 amide bonds. The Hall–Kier alpha value is -0.570. The summed E-state index contributed by atoms with van der Waals surface area (Å²) in [5, 5.41) is 0. The van der Waals surface area contributed by atoms with E-state index >= 15 is 0 Å². The van der Waals surface area contributed by atoms with Crippen LogP contribution in [0.2, 0.25) is 0 Å². The van der Waals surface area contributed by atoms with Crippen LogP contribution in [0.25, 0.3) is 0 Å². The number of hydrogen-bond donors (Lipinski definition) is 0. The fraction of sp³-hybridized carbons (Fsp3) is 0.875. The molecule has 0 saturated heterocycles. The van der Waals surface area contributed by atoms with Crippen molar-refractivity contribution in [3.05, 3.63) is 0 Å². The lowest BCUT2D eigenvalue weighted by Crippen LogP contribution is -2.28. The van der Waals surface area contributed by atoms with Crippen molar-refractivity contribution < 1.29 is 14.3 Å². The summed E-state index contributed by atoms with van der Waals surface area (Å²) in [6.45, 7) is 4.71. The smallest absolute Gasteiger partial charge is 0.338 e. The topological polar surface area (TPSA) is 35.5 Å². The molecule has 0 aromatic heterocycles. The summed E-state index contributed by atoms with van der Waals surface area (Å²) in [6.07, 6.45) is 1.64. The van der Waals surface area contributed by atoms with E-state index in [0.717, 1.165) is 12.8 Å². The second kappa shape index (κ2) is 3.22. The molecule has 3 nitrogen and oxygen atoms in total. The van der Waals surface area contributed by atoms with Gasteiger partial charge in [-0.1, -0.05) is 0 Å². The molecule has 0 heterocycles. The zero-order chi connectivity index (χ0) is 8.32. The van der Waals surface area contributed by atoms with Gasteiger partial charge in [0.05, 0.1) is 6.61 Å². The van der Waals surface area contributed by atoms with Gasteiger partial charge in [-0.3, -0.25) is 0 Å². The normalized spacial score (nSPS) is 19.5. The SMILES string of the molecule is CCOC(=O)C1(OCC)CC1. The first-order valence-corrected chi connectivity index (χ1v) is 4.06. The maximum atomic E-state index is 11.2. The zero-order valence-electron chi connectivity index (χ0n) is 7.05. The van der Waals surface area contributed by atoms with Gasteiger partial charge in [-0.05, 0) is 26.7 Å². The molecule has 0 unspecified atom stereocenters. The van der Waals surface area contributed by atoms with Gasteiger partial charge in [-0.25, -0.2) is 4.79 Å². The summed E-state index contributed by atoms with van der Waals surface area (Å²) < 4.78 is 10.1. The van der Waals surface area contributed by atoms with Crippen molar-refractivity contribution in [2.75, 3.05) is 13.2 Å². The first kappa shape index (κ1) is 8.53. The summed E-state index contributed by atoms with van der Waals surface area (Å²) >= 11 is 0. The van der Waals surface area contributed by atoms with E-state index < -0.39 is 5.60 Å². The molecule has 11 heavy (non-hydrogen) atoms. The van der Waals surface area contributed by atoms with E-state index in [9.17, 15) is 4.79 Å². The van der Waals surface area contributed by atoms with E-state index in [-0.39, 0.29) is 5.97 Å². The van der Waals surface area contributed by atoms with Crippen molar-refractivity contribution in [1.82, 2.24) is 0 Å². The molecule has 0 bridgehead atoms. The third-order valence-corrected chi connectivity index (χ3v) is 1.77. The molecule has 1 aliphatic rings. The molecule has 0 aromatic rings. The van der Waals surface area contributed by atoms with Gasteiger partial charge in [0, 0.05) is 6.61 Å². The molecule has 3 heteroatoms. The molecular formula is C8H14O3. The summed E-state index contributed by atoms with van der Waals surface area (Å²) in [5.74, 6) is -0.193. The van der Waals surface area contributed by atoms with Crippen LogP contribution in [-0.4, -0.2) is 24.8 Å². The maximum Gasteiger partial charge on any atom is 0.338 e. The number of rotatable bonds is 4. The minimum atomic E-state index is -0.551.